The lowest BCUT2D eigenvalue weighted by Crippen LogP contribution is -2.49. The maximum Gasteiger partial charge on any atom is 0.327 e. The highest BCUT2D eigenvalue weighted by molar-refractivity contribution is 8.77. The first kappa shape index (κ1) is 23.4. The van der Waals surface area contributed by atoms with Crippen LogP contribution < -0.4 is 5.32 Å². The fourth-order valence-electron chi connectivity index (χ4n) is 2.25. The van der Waals surface area contributed by atoms with Gasteiger partial charge in [0.2, 0.25) is 5.91 Å². The molecule has 25 heavy (non-hydrogen) atoms. The van der Waals surface area contributed by atoms with E-state index in [-0.39, 0.29) is 5.91 Å². The van der Waals surface area contributed by atoms with Gasteiger partial charge in [-0.05, 0) is 32.6 Å². The summed E-state index contributed by atoms with van der Waals surface area (Å²) >= 11 is 0. The summed E-state index contributed by atoms with van der Waals surface area (Å²) in [7, 11) is 6.65. The molecule has 0 bridgehead atoms. The molecule has 1 saturated heterocycles. The number of unbranched alkanes of at least 4 members (excludes halogenated alkanes) is 1. The average Bonchev–Trinajstić information content (AvgIpc) is 2.52. The van der Waals surface area contributed by atoms with E-state index in [0.717, 1.165) is 18.1 Å². The number of carbonyl (C=O) groups is 2. The quantitative estimate of drug-likeness (QED) is 0.454. The van der Waals surface area contributed by atoms with Crippen LogP contribution in [-0.4, -0.2) is 44.5 Å². The van der Waals surface area contributed by atoms with Gasteiger partial charge in [0.15, 0.2) is 0 Å². The SMILES string of the molecule is CC(C)CCCCC1CCSSCC(C(=O)O)NC(=O)C(C)(C)SS1. The Bertz CT molecular complexity index is 432. The van der Waals surface area contributed by atoms with Crippen molar-refractivity contribution in [2.75, 3.05) is 11.5 Å². The molecule has 1 aliphatic rings. The van der Waals surface area contributed by atoms with Crippen molar-refractivity contribution in [2.24, 2.45) is 5.92 Å². The molecule has 4 nitrogen and oxygen atoms in total. The number of amides is 1. The summed E-state index contributed by atoms with van der Waals surface area (Å²) in [6, 6.07) is -0.818. The zero-order valence-electron chi connectivity index (χ0n) is 15.6. The smallest absolute Gasteiger partial charge is 0.327 e. The molecule has 0 spiro atoms. The Balaban J connectivity index is 2.61. The zero-order chi connectivity index (χ0) is 18.9. The molecule has 2 unspecified atom stereocenters. The van der Waals surface area contributed by atoms with Crippen LogP contribution in [0.4, 0.5) is 0 Å². The minimum atomic E-state index is -0.963. The average molecular weight is 426 g/mol. The Hall–Kier alpha value is 0.340. The third-order valence-electron chi connectivity index (χ3n) is 3.94. The normalized spacial score (nSPS) is 25.7. The molecule has 0 aromatic rings. The highest BCUT2D eigenvalue weighted by Crippen LogP contribution is 2.42. The lowest BCUT2D eigenvalue weighted by atomic mass is 10.0. The lowest BCUT2D eigenvalue weighted by molar-refractivity contribution is -0.141. The summed E-state index contributed by atoms with van der Waals surface area (Å²) in [5.74, 6) is 1.03. The standard InChI is InChI=1S/C17H31NO3S4/c1-12(2)7-5-6-8-13-9-10-22-23-11-14(15(19)20)18-16(21)17(3,4)25-24-13/h12-14H,5-11H2,1-4H3,(H,18,21)(H,19,20). The van der Waals surface area contributed by atoms with E-state index in [4.69, 9.17) is 0 Å². The van der Waals surface area contributed by atoms with Crippen molar-refractivity contribution in [2.45, 2.75) is 75.8 Å². The van der Waals surface area contributed by atoms with Gasteiger partial charge in [-0.15, -0.1) is 0 Å². The van der Waals surface area contributed by atoms with Crippen LogP contribution in [0.1, 0.15) is 59.8 Å². The van der Waals surface area contributed by atoms with Gasteiger partial charge in [-0.3, -0.25) is 4.79 Å². The van der Waals surface area contributed by atoms with E-state index in [1.54, 1.807) is 43.2 Å². The van der Waals surface area contributed by atoms with Gasteiger partial charge in [-0.25, -0.2) is 4.79 Å². The van der Waals surface area contributed by atoms with Gasteiger partial charge < -0.3 is 10.4 Å². The van der Waals surface area contributed by atoms with Crippen LogP contribution in [0, 0.1) is 5.92 Å². The minimum Gasteiger partial charge on any atom is -0.480 e. The highest BCUT2D eigenvalue weighted by Gasteiger charge is 2.33. The van der Waals surface area contributed by atoms with Gasteiger partial charge in [0.05, 0.1) is 4.75 Å². The van der Waals surface area contributed by atoms with E-state index in [1.807, 2.05) is 13.8 Å². The van der Waals surface area contributed by atoms with Crippen LogP contribution in [0.2, 0.25) is 0 Å². The molecule has 0 aliphatic carbocycles. The molecular weight excluding hydrogens is 394 g/mol. The summed E-state index contributed by atoms with van der Waals surface area (Å²) in [6.07, 6.45) is 6.07. The van der Waals surface area contributed by atoms with Crippen molar-refractivity contribution in [3.63, 3.8) is 0 Å². The maximum atomic E-state index is 12.5. The third kappa shape index (κ3) is 9.73. The second kappa shape index (κ2) is 11.9. The predicted octanol–water partition coefficient (Wildman–Crippen LogP) is 5.09. The molecule has 1 heterocycles. The molecule has 1 rings (SSSR count). The minimum absolute atomic E-state index is 0.192. The summed E-state index contributed by atoms with van der Waals surface area (Å²) < 4.78 is -0.633. The second-order valence-corrected chi connectivity index (χ2v) is 13.0. The largest absolute Gasteiger partial charge is 0.480 e. The number of hydrogen-bond donors (Lipinski definition) is 2. The topological polar surface area (TPSA) is 66.4 Å². The van der Waals surface area contributed by atoms with Crippen molar-refractivity contribution < 1.29 is 14.7 Å². The second-order valence-electron chi connectivity index (χ2n) is 7.25. The van der Waals surface area contributed by atoms with Crippen LogP contribution in [0.15, 0.2) is 0 Å². The van der Waals surface area contributed by atoms with Crippen LogP contribution in [0.5, 0.6) is 0 Å². The lowest BCUT2D eigenvalue weighted by Gasteiger charge is -2.27. The third-order valence-corrected chi connectivity index (χ3v) is 10.2. The number of rotatable bonds is 6. The van der Waals surface area contributed by atoms with Crippen LogP contribution >= 0.6 is 43.2 Å². The number of nitrogens with one attached hydrogen (secondary N) is 1. The predicted molar refractivity (Wildman–Crippen MR) is 115 cm³/mol. The highest BCUT2D eigenvalue weighted by atomic mass is 33.1. The fraction of sp³-hybridized carbons (Fsp3) is 0.882. The molecule has 1 fully saturated rings. The summed E-state index contributed by atoms with van der Waals surface area (Å²) in [4.78, 5) is 23.8. The summed E-state index contributed by atoms with van der Waals surface area (Å²) in [6.45, 7) is 8.28. The van der Waals surface area contributed by atoms with E-state index < -0.39 is 16.8 Å². The maximum absolute atomic E-state index is 12.5. The number of hydrogen-bond acceptors (Lipinski definition) is 6. The van der Waals surface area contributed by atoms with Gasteiger partial charge in [-0.1, -0.05) is 76.3 Å². The molecule has 146 valence electrons. The number of carboxylic acids is 1. The summed E-state index contributed by atoms with van der Waals surface area (Å²) in [5.41, 5.74) is 0. The summed E-state index contributed by atoms with van der Waals surface area (Å²) in [5, 5.41) is 12.5. The van der Waals surface area contributed by atoms with Crippen molar-refractivity contribution in [3.8, 4) is 0 Å². The Morgan fingerprint density at radius 1 is 1.32 bits per heavy atom. The monoisotopic (exact) mass is 425 g/mol. The molecule has 1 aliphatic heterocycles. The first-order valence-corrected chi connectivity index (χ1v) is 13.5. The molecule has 2 N–H and O–H groups in total. The van der Waals surface area contributed by atoms with Gasteiger partial charge >= 0.3 is 5.97 Å². The Morgan fingerprint density at radius 3 is 2.68 bits per heavy atom. The van der Waals surface area contributed by atoms with Crippen LogP contribution in [0.3, 0.4) is 0 Å². The molecule has 1 amide bonds. The van der Waals surface area contributed by atoms with E-state index >= 15 is 0 Å². The number of carboxylic acid groups (broad SMARTS) is 1. The van der Waals surface area contributed by atoms with E-state index in [2.05, 4.69) is 19.2 Å². The van der Waals surface area contributed by atoms with Gasteiger partial charge in [-0.2, -0.15) is 0 Å². The van der Waals surface area contributed by atoms with Gasteiger partial charge in [0, 0.05) is 16.8 Å². The number of aliphatic carboxylic acids is 1. The van der Waals surface area contributed by atoms with Gasteiger partial charge in [0.25, 0.3) is 0 Å². The fourth-order valence-corrected chi connectivity index (χ4v) is 7.62. The Morgan fingerprint density at radius 2 is 2.04 bits per heavy atom. The van der Waals surface area contributed by atoms with Gasteiger partial charge in [0.1, 0.15) is 6.04 Å². The molecule has 8 heteroatoms. The van der Waals surface area contributed by atoms with E-state index in [9.17, 15) is 14.7 Å². The zero-order valence-corrected chi connectivity index (χ0v) is 18.8. The van der Waals surface area contributed by atoms with Crippen molar-refractivity contribution in [1.29, 1.82) is 0 Å². The Labute approximate surface area is 168 Å². The van der Waals surface area contributed by atoms with Crippen molar-refractivity contribution >= 4 is 55.1 Å². The van der Waals surface area contributed by atoms with Crippen molar-refractivity contribution in [1.82, 2.24) is 5.32 Å². The molecule has 0 radical (unpaired) electrons. The molecule has 0 aromatic heterocycles. The Kier molecular flexibility index (Phi) is 11.2. The molecular formula is C17H31NO3S4. The molecule has 2 atom stereocenters. The molecule has 0 aromatic carbocycles. The van der Waals surface area contributed by atoms with E-state index in [1.165, 1.54) is 25.7 Å². The first-order valence-electron chi connectivity index (χ1n) is 8.85. The van der Waals surface area contributed by atoms with Crippen LogP contribution in [-0.2, 0) is 9.59 Å². The molecule has 0 saturated carbocycles. The first-order chi connectivity index (χ1) is 11.7. The van der Waals surface area contributed by atoms with E-state index in [0.29, 0.717) is 11.0 Å². The van der Waals surface area contributed by atoms with Crippen LogP contribution in [0.25, 0.3) is 0 Å². The number of carbonyl (C=O) groups excluding carboxylic acids is 1. The van der Waals surface area contributed by atoms with Crippen molar-refractivity contribution in [3.05, 3.63) is 0 Å².